The SMILES string of the molecule is CCCC(CC)c1ccc(N(c2ccccc2)c2ccc(-c3ccc(N(c4ccccc4)c4ccc(C(CC)CCC)cc4)cc3)cc2)cc1. The Morgan fingerprint density at radius 3 is 0.900 bits per heavy atom. The molecule has 0 aliphatic carbocycles. The summed E-state index contributed by atoms with van der Waals surface area (Å²) in [5, 5.41) is 0. The van der Waals surface area contributed by atoms with Gasteiger partial charge in [-0.3, -0.25) is 0 Å². The van der Waals surface area contributed by atoms with Crippen LogP contribution in [0.2, 0.25) is 0 Å². The van der Waals surface area contributed by atoms with Gasteiger partial charge in [0.1, 0.15) is 0 Å². The molecule has 0 radical (unpaired) electrons. The predicted molar refractivity (Wildman–Crippen MR) is 217 cm³/mol. The molecule has 6 aromatic rings. The van der Waals surface area contributed by atoms with E-state index in [9.17, 15) is 0 Å². The van der Waals surface area contributed by atoms with E-state index in [0.717, 1.165) is 22.7 Å². The minimum atomic E-state index is 0.620. The molecule has 254 valence electrons. The minimum Gasteiger partial charge on any atom is -0.311 e. The molecule has 0 fully saturated rings. The van der Waals surface area contributed by atoms with Gasteiger partial charge in [-0.25, -0.2) is 0 Å². The number of para-hydroxylation sites is 2. The van der Waals surface area contributed by atoms with Crippen molar-refractivity contribution in [1.29, 1.82) is 0 Å². The van der Waals surface area contributed by atoms with Gasteiger partial charge in [-0.15, -0.1) is 0 Å². The van der Waals surface area contributed by atoms with Gasteiger partial charge in [-0.1, -0.05) is 125 Å². The molecule has 0 aliphatic rings. The van der Waals surface area contributed by atoms with Gasteiger partial charge in [0.15, 0.2) is 0 Å². The Morgan fingerprint density at radius 2 is 0.620 bits per heavy atom. The van der Waals surface area contributed by atoms with Gasteiger partial charge in [0.05, 0.1) is 0 Å². The first-order valence-corrected chi connectivity index (χ1v) is 18.7. The smallest absolute Gasteiger partial charge is 0.0462 e. The average molecular weight is 657 g/mol. The van der Waals surface area contributed by atoms with Gasteiger partial charge in [0.2, 0.25) is 0 Å². The lowest BCUT2D eigenvalue weighted by atomic mass is 9.92. The predicted octanol–water partition coefficient (Wildman–Crippen LogP) is 14.9. The Hall–Kier alpha value is -5.08. The van der Waals surface area contributed by atoms with Crippen molar-refractivity contribution in [3.63, 3.8) is 0 Å². The number of hydrogen-bond donors (Lipinski definition) is 0. The fourth-order valence-electron chi connectivity index (χ4n) is 7.36. The average Bonchev–Trinajstić information content (AvgIpc) is 3.18. The van der Waals surface area contributed by atoms with Gasteiger partial charge >= 0.3 is 0 Å². The van der Waals surface area contributed by atoms with Gasteiger partial charge < -0.3 is 9.80 Å². The maximum atomic E-state index is 2.35. The summed E-state index contributed by atoms with van der Waals surface area (Å²) in [6, 6.07) is 57.8. The lowest BCUT2D eigenvalue weighted by Gasteiger charge is -2.27. The van der Waals surface area contributed by atoms with Gasteiger partial charge in [-0.05, 0) is 133 Å². The second-order valence-corrected chi connectivity index (χ2v) is 13.4. The lowest BCUT2D eigenvalue weighted by molar-refractivity contribution is 0.596. The van der Waals surface area contributed by atoms with E-state index in [-0.39, 0.29) is 0 Å². The molecule has 0 saturated heterocycles. The van der Waals surface area contributed by atoms with Crippen LogP contribution in [0.15, 0.2) is 158 Å². The van der Waals surface area contributed by atoms with Crippen LogP contribution in [0.5, 0.6) is 0 Å². The van der Waals surface area contributed by atoms with Crippen LogP contribution in [0.3, 0.4) is 0 Å². The lowest BCUT2D eigenvalue weighted by Crippen LogP contribution is -2.10. The summed E-state index contributed by atoms with van der Waals surface area (Å²) < 4.78 is 0. The molecule has 50 heavy (non-hydrogen) atoms. The third-order valence-corrected chi connectivity index (χ3v) is 10.1. The number of hydrogen-bond acceptors (Lipinski definition) is 2. The molecule has 2 heteroatoms. The van der Waals surface area contributed by atoms with Crippen molar-refractivity contribution in [1.82, 2.24) is 0 Å². The number of rotatable bonds is 15. The summed E-state index contributed by atoms with van der Waals surface area (Å²) in [7, 11) is 0. The van der Waals surface area contributed by atoms with E-state index in [1.54, 1.807) is 0 Å². The molecule has 0 saturated carbocycles. The summed E-state index contributed by atoms with van der Waals surface area (Å²) in [5.41, 5.74) is 12.2. The van der Waals surface area contributed by atoms with E-state index >= 15 is 0 Å². The number of anilines is 6. The van der Waals surface area contributed by atoms with Crippen LogP contribution in [-0.2, 0) is 0 Å². The van der Waals surface area contributed by atoms with E-state index < -0.39 is 0 Å². The Bertz CT molecular complexity index is 1720. The van der Waals surface area contributed by atoms with E-state index in [4.69, 9.17) is 0 Å². The van der Waals surface area contributed by atoms with E-state index in [1.807, 2.05) is 0 Å². The molecular weight excluding hydrogens is 605 g/mol. The van der Waals surface area contributed by atoms with Gasteiger partial charge in [0, 0.05) is 34.1 Å². The molecule has 0 aliphatic heterocycles. The van der Waals surface area contributed by atoms with E-state index in [2.05, 4.69) is 195 Å². The quantitative estimate of drug-likeness (QED) is 0.109. The summed E-state index contributed by atoms with van der Waals surface area (Å²) in [6.07, 6.45) is 7.24. The molecule has 0 spiro atoms. The summed E-state index contributed by atoms with van der Waals surface area (Å²) in [5.74, 6) is 1.24. The Balaban J connectivity index is 1.27. The molecule has 6 rings (SSSR count). The van der Waals surface area contributed by atoms with Gasteiger partial charge in [-0.2, -0.15) is 0 Å². The van der Waals surface area contributed by atoms with Crippen LogP contribution in [0, 0.1) is 0 Å². The standard InChI is InChI=1S/C48H52N2/c1-5-15-37(7-3)39-21-29-45(30-22-39)49(43-17-11-9-12-18-43)47-33-25-41(26-34-47)42-27-35-48(36-28-42)50(44-19-13-10-14-20-44)46-31-23-40(24-32-46)38(8-4)16-6-2/h9-14,17-38H,5-8,15-16H2,1-4H3. The zero-order valence-corrected chi connectivity index (χ0v) is 30.3. The van der Waals surface area contributed by atoms with Crippen molar-refractivity contribution < 1.29 is 0 Å². The highest BCUT2D eigenvalue weighted by molar-refractivity contribution is 5.80. The van der Waals surface area contributed by atoms with Crippen molar-refractivity contribution in [2.24, 2.45) is 0 Å². The largest absolute Gasteiger partial charge is 0.311 e. The van der Waals surface area contributed by atoms with Crippen molar-refractivity contribution >= 4 is 34.1 Å². The summed E-state index contributed by atoms with van der Waals surface area (Å²) in [4.78, 5) is 4.71. The first kappa shape index (κ1) is 34.8. The third kappa shape index (κ3) is 8.03. The highest BCUT2D eigenvalue weighted by Crippen LogP contribution is 2.39. The zero-order valence-electron chi connectivity index (χ0n) is 30.3. The molecule has 2 atom stereocenters. The van der Waals surface area contributed by atoms with Crippen LogP contribution in [-0.4, -0.2) is 0 Å². The molecular formula is C48H52N2. The third-order valence-electron chi connectivity index (χ3n) is 10.1. The first-order chi connectivity index (χ1) is 24.6. The Labute approximate surface area is 301 Å². The summed E-state index contributed by atoms with van der Waals surface area (Å²) >= 11 is 0. The molecule has 0 amide bonds. The minimum absolute atomic E-state index is 0.620. The molecule has 0 heterocycles. The monoisotopic (exact) mass is 656 g/mol. The van der Waals surface area contributed by atoms with Crippen LogP contribution in [0.25, 0.3) is 11.1 Å². The normalized spacial score (nSPS) is 12.3. The number of nitrogens with zero attached hydrogens (tertiary/aromatic N) is 2. The Kier molecular flexibility index (Phi) is 11.8. The van der Waals surface area contributed by atoms with Crippen molar-refractivity contribution in [2.75, 3.05) is 9.80 Å². The molecule has 2 nitrogen and oxygen atoms in total. The topological polar surface area (TPSA) is 6.48 Å². The van der Waals surface area contributed by atoms with Crippen LogP contribution >= 0.6 is 0 Å². The fourth-order valence-corrected chi connectivity index (χ4v) is 7.36. The van der Waals surface area contributed by atoms with Crippen molar-refractivity contribution in [3.05, 3.63) is 169 Å². The first-order valence-electron chi connectivity index (χ1n) is 18.7. The van der Waals surface area contributed by atoms with E-state index in [0.29, 0.717) is 11.8 Å². The van der Waals surface area contributed by atoms with Crippen molar-refractivity contribution in [2.45, 2.75) is 78.1 Å². The molecule has 2 unspecified atom stereocenters. The zero-order chi connectivity index (χ0) is 34.7. The maximum Gasteiger partial charge on any atom is 0.0462 e. The maximum absolute atomic E-state index is 2.35. The molecule has 0 aromatic heterocycles. The van der Waals surface area contributed by atoms with Crippen LogP contribution < -0.4 is 9.80 Å². The molecule has 0 bridgehead atoms. The fraction of sp³-hybridized carbons (Fsp3) is 0.250. The highest BCUT2D eigenvalue weighted by Gasteiger charge is 2.16. The van der Waals surface area contributed by atoms with Crippen LogP contribution in [0.1, 0.15) is 89.2 Å². The highest BCUT2D eigenvalue weighted by atomic mass is 15.1. The number of benzene rings is 6. The van der Waals surface area contributed by atoms with Crippen LogP contribution in [0.4, 0.5) is 34.1 Å². The second kappa shape index (κ2) is 17.0. The molecule has 6 aromatic carbocycles. The van der Waals surface area contributed by atoms with Crippen molar-refractivity contribution in [3.8, 4) is 11.1 Å². The Morgan fingerprint density at radius 1 is 0.340 bits per heavy atom. The van der Waals surface area contributed by atoms with E-state index in [1.165, 1.54) is 72.2 Å². The molecule has 0 N–H and O–H groups in total. The second-order valence-electron chi connectivity index (χ2n) is 13.4. The summed E-state index contributed by atoms with van der Waals surface area (Å²) in [6.45, 7) is 9.15. The van der Waals surface area contributed by atoms with Gasteiger partial charge in [0.25, 0.3) is 0 Å².